The first-order valence-electron chi connectivity index (χ1n) is 9.29. The number of piperazine rings is 1. The summed E-state index contributed by atoms with van der Waals surface area (Å²) in [4.78, 5) is 38.8. The van der Waals surface area contributed by atoms with E-state index < -0.39 is 71.2 Å². The molecule has 1 saturated heterocycles. The summed E-state index contributed by atoms with van der Waals surface area (Å²) in [5, 5.41) is 0. The van der Waals surface area contributed by atoms with Gasteiger partial charge in [-0.25, -0.2) is 18.0 Å². The zero-order valence-corrected chi connectivity index (χ0v) is 17.1. The van der Waals surface area contributed by atoms with Crippen molar-refractivity contribution >= 4 is 18.0 Å². The summed E-state index contributed by atoms with van der Waals surface area (Å²) in [5.74, 6) is -15.0. The third-order valence-corrected chi connectivity index (χ3v) is 4.21. The number of carbonyl (C=O) groups is 3. The molecule has 0 unspecified atom stereocenters. The highest BCUT2D eigenvalue weighted by Gasteiger charge is 2.30. The van der Waals surface area contributed by atoms with E-state index in [9.17, 15) is 36.3 Å². The van der Waals surface area contributed by atoms with Crippen molar-refractivity contribution in [3.8, 4) is 5.75 Å². The van der Waals surface area contributed by atoms with Crippen molar-refractivity contribution < 1.29 is 45.8 Å². The summed E-state index contributed by atoms with van der Waals surface area (Å²) >= 11 is 0. The third-order valence-electron chi connectivity index (χ3n) is 4.21. The third kappa shape index (κ3) is 6.05. The predicted molar refractivity (Wildman–Crippen MR) is 95.5 cm³/mol. The van der Waals surface area contributed by atoms with Gasteiger partial charge >= 0.3 is 12.1 Å². The molecule has 0 radical (unpaired) electrons. The molecule has 12 heteroatoms. The first-order chi connectivity index (χ1) is 14.3. The van der Waals surface area contributed by atoms with Crippen LogP contribution >= 0.6 is 0 Å². The minimum Gasteiger partial charge on any atom is -0.444 e. The fourth-order valence-electron chi connectivity index (χ4n) is 2.67. The lowest BCUT2D eigenvalue weighted by molar-refractivity contribution is -0.140. The number of hydrogen-bond donors (Lipinski definition) is 0. The summed E-state index contributed by atoms with van der Waals surface area (Å²) in [7, 11) is 0. The van der Waals surface area contributed by atoms with E-state index in [1.807, 2.05) is 0 Å². The van der Waals surface area contributed by atoms with Crippen molar-refractivity contribution in [3.05, 3.63) is 29.1 Å². The second kappa shape index (κ2) is 9.48. The SMILES string of the molecule is CC(C)(C)OC(=O)N1CCN(C(=O)CCC(=O)Oc2c(F)c(F)c(F)c(F)c2F)CC1. The van der Waals surface area contributed by atoms with Gasteiger partial charge in [0.05, 0.1) is 6.42 Å². The summed E-state index contributed by atoms with van der Waals surface area (Å²) in [5.41, 5.74) is -0.667. The molecule has 0 atom stereocenters. The Bertz CT molecular complexity index is 850. The summed E-state index contributed by atoms with van der Waals surface area (Å²) in [6.07, 6.45) is -1.59. The van der Waals surface area contributed by atoms with E-state index >= 15 is 0 Å². The van der Waals surface area contributed by atoms with Gasteiger partial charge in [-0.3, -0.25) is 9.59 Å². The van der Waals surface area contributed by atoms with Crippen LogP contribution in [0.1, 0.15) is 33.6 Å². The number of benzene rings is 1. The van der Waals surface area contributed by atoms with Crippen LogP contribution in [-0.4, -0.2) is 59.5 Å². The average Bonchev–Trinajstić information content (AvgIpc) is 2.71. The number of esters is 1. The number of hydrogen-bond acceptors (Lipinski definition) is 5. The molecule has 0 saturated carbocycles. The van der Waals surface area contributed by atoms with Crippen molar-refractivity contribution in [3.63, 3.8) is 0 Å². The molecule has 0 bridgehead atoms. The van der Waals surface area contributed by atoms with E-state index in [-0.39, 0.29) is 26.2 Å². The summed E-state index contributed by atoms with van der Waals surface area (Å²) < 4.78 is 75.9. The number of halogens is 5. The summed E-state index contributed by atoms with van der Waals surface area (Å²) in [6, 6.07) is 0. The maximum atomic E-state index is 13.5. The fourth-order valence-corrected chi connectivity index (χ4v) is 2.67. The minimum absolute atomic E-state index is 0.171. The molecule has 0 spiro atoms. The van der Waals surface area contributed by atoms with Gasteiger partial charge in [-0.2, -0.15) is 8.78 Å². The van der Waals surface area contributed by atoms with Crippen LogP contribution in [0.15, 0.2) is 0 Å². The van der Waals surface area contributed by atoms with Crippen molar-refractivity contribution in [1.82, 2.24) is 9.80 Å². The van der Waals surface area contributed by atoms with Gasteiger partial charge < -0.3 is 19.3 Å². The highest BCUT2D eigenvalue weighted by Crippen LogP contribution is 2.29. The molecule has 2 rings (SSSR count). The lowest BCUT2D eigenvalue weighted by atomic mass is 10.2. The van der Waals surface area contributed by atoms with Gasteiger partial charge in [0.25, 0.3) is 0 Å². The van der Waals surface area contributed by atoms with E-state index in [0.717, 1.165) is 0 Å². The van der Waals surface area contributed by atoms with Crippen molar-refractivity contribution in [2.24, 2.45) is 0 Å². The Morgan fingerprint density at radius 2 is 1.23 bits per heavy atom. The number of rotatable bonds is 4. The Morgan fingerprint density at radius 3 is 1.71 bits per heavy atom. The Morgan fingerprint density at radius 1 is 0.774 bits per heavy atom. The molecular formula is C19H21F5N2O5. The second-order valence-corrected chi connectivity index (χ2v) is 7.72. The first kappa shape index (κ1) is 24.4. The normalized spacial score (nSPS) is 14.5. The number of amides is 2. The van der Waals surface area contributed by atoms with Crippen molar-refractivity contribution in [1.29, 1.82) is 0 Å². The number of ether oxygens (including phenoxy) is 2. The molecule has 1 fully saturated rings. The van der Waals surface area contributed by atoms with E-state index in [4.69, 9.17) is 4.74 Å². The van der Waals surface area contributed by atoms with Crippen LogP contribution < -0.4 is 4.74 Å². The molecule has 2 amide bonds. The van der Waals surface area contributed by atoms with Crippen molar-refractivity contribution in [2.75, 3.05) is 26.2 Å². The highest BCUT2D eigenvalue weighted by atomic mass is 19.2. The Labute approximate surface area is 174 Å². The van der Waals surface area contributed by atoms with E-state index in [1.165, 1.54) is 9.80 Å². The Kier molecular flexibility index (Phi) is 7.45. The monoisotopic (exact) mass is 452 g/mol. The lowest BCUT2D eigenvalue weighted by Crippen LogP contribution is -2.51. The van der Waals surface area contributed by atoms with E-state index in [0.29, 0.717) is 0 Å². The zero-order valence-electron chi connectivity index (χ0n) is 17.1. The van der Waals surface area contributed by atoms with Crippen LogP contribution in [0.2, 0.25) is 0 Å². The van der Waals surface area contributed by atoms with Crippen LogP contribution in [0.3, 0.4) is 0 Å². The molecule has 1 heterocycles. The van der Waals surface area contributed by atoms with Gasteiger partial charge in [0.15, 0.2) is 0 Å². The quantitative estimate of drug-likeness (QED) is 0.231. The molecule has 1 aromatic carbocycles. The molecular weight excluding hydrogens is 431 g/mol. The van der Waals surface area contributed by atoms with Gasteiger partial charge in [-0.1, -0.05) is 0 Å². The molecule has 0 N–H and O–H groups in total. The highest BCUT2D eigenvalue weighted by molar-refractivity contribution is 5.82. The second-order valence-electron chi connectivity index (χ2n) is 7.72. The van der Waals surface area contributed by atoms with Crippen LogP contribution in [0.4, 0.5) is 26.7 Å². The Hall–Kier alpha value is -2.92. The van der Waals surface area contributed by atoms with Crippen molar-refractivity contribution in [2.45, 2.75) is 39.2 Å². The topological polar surface area (TPSA) is 76.2 Å². The smallest absolute Gasteiger partial charge is 0.410 e. The van der Waals surface area contributed by atoms with E-state index in [2.05, 4.69) is 4.74 Å². The maximum Gasteiger partial charge on any atom is 0.410 e. The lowest BCUT2D eigenvalue weighted by Gasteiger charge is -2.35. The maximum absolute atomic E-state index is 13.5. The fraction of sp³-hybridized carbons (Fsp3) is 0.526. The summed E-state index contributed by atoms with van der Waals surface area (Å²) in [6.45, 7) is 5.91. The molecule has 7 nitrogen and oxygen atoms in total. The number of nitrogens with zero attached hydrogens (tertiary/aromatic N) is 2. The zero-order chi connectivity index (χ0) is 23.5. The molecule has 172 valence electrons. The molecule has 31 heavy (non-hydrogen) atoms. The van der Waals surface area contributed by atoms with Crippen LogP contribution in [0, 0.1) is 29.1 Å². The minimum atomic E-state index is -2.38. The molecule has 0 aromatic heterocycles. The van der Waals surface area contributed by atoms with Gasteiger partial charge in [0, 0.05) is 32.6 Å². The first-order valence-corrected chi connectivity index (χ1v) is 9.29. The largest absolute Gasteiger partial charge is 0.444 e. The van der Waals surface area contributed by atoms with Gasteiger partial charge in [-0.15, -0.1) is 0 Å². The van der Waals surface area contributed by atoms with Gasteiger partial charge in [-0.05, 0) is 20.8 Å². The molecule has 1 aliphatic rings. The Balaban J connectivity index is 1.86. The molecule has 1 aromatic rings. The van der Waals surface area contributed by atoms with Gasteiger partial charge in [0.1, 0.15) is 5.60 Å². The van der Waals surface area contributed by atoms with Gasteiger partial charge in [0.2, 0.25) is 40.7 Å². The van der Waals surface area contributed by atoms with Crippen LogP contribution in [0.25, 0.3) is 0 Å². The molecule has 1 aliphatic heterocycles. The number of carbonyl (C=O) groups excluding carboxylic acids is 3. The predicted octanol–water partition coefficient (Wildman–Crippen LogP) is 3.15. The standard InChI is InChI=1S/C19H21F5N2O5/c1-19(2,3)31-18(29)26-8-6-25(7-9-26)10(27)4-5-11(28)30-17-15(23)13(21)12(20)14(22)16(17)24/h4-9H2,1-3H3. The van der Waals surface area contributed by atoms with Crippen LogP contribution in [-0.2, 0) is 14.3 Å². The average molecular weight is 452 g/mol. The van der Waals surface area contributed by atoms with Crippen LogP contribution in [0.5, 0.6) is 5.75 Å². The molecule has 0 aliphatic carbocycles. The van der Waals surface area contributed by atoms with E-state index in [1.54, 1.807) is 20.8 Å².